The van der Waals surface area contributed by atoms with Crippen LogP contribution in [0.5, 0.6) is 0 Å². The lowest BCUT2D eigenvalue weighted by Crippen LogP contribution is -2.48. The maximum absolute atomic E-state index is 12.2. The van der Waals surface area contributed by atoms with Gasteiger partial charge in [-0.15, -0.1) is 0 Å². The van der Waals surface area contributed by atoms with E-state index in [1.165, 1.54) is 0 Å². The van der Waals surface area contributed by atoms with Gasteiger partial charge in [0.15, 0.2) is 0 Å². The van der Waals surface area contributed by atoms with Crippen LogP contribution >= 0.6 is 23.2 Å². The molecule has 0 aliphatic rings. The first-order chi connectivity index (χ1) is 13.7. The number of hydrogen-bond donors (Lipinski definition) is 1. The van der Waals surface area contributed by atoms with Gasteiger partial charge in [-0.1, -0.05) is 63.0 Å². The number of amides is 1. The molecule has 1 heterocycles. The summed E-state index contributed by atoms with van der Waals surface area (Å²) in [6.45, 7) is 10.6. The van der Waals surface area contributed by atoms with E-state index >= 15 is 0 Å². The normalized spacial score (nSPS) is 12.9. The van der Waals surface area contributed by atoms with Gasteiger partial charge < -0.3 is 10.3 Å². The SMILES string of the molecule is CC(C)CCn1cncc1CCN(Cc1cccc(Cl)c1Cl)[C@H](C(N)=O)C(C)C. The van der Waals surface area contributed by atoms with Gasteiger partial charge in [-0.3, -0.25) is 9.69 Å². The van der Waals surface area contributed by atoms with Crippen molar-refractivity contribution in [2.45, 2.75) is 59.7 Å². The van der Waals surface area contributed by atoms with E-state index < -0.39 is 6.04 Å². The van der Waals surface area contributed by atoms with Crippen molar-refractivity contribution in [2.75, 3.05) is 6.54 Å². The highest BCUT2D eigenvalue weighted by Gasteiger charge is 2.28. The Labute approximate surface area is 184 Å². The number of carbonyl (C=O) groups excluding carboxylic acids is 1. The molecule has 0 unspecified atom stereocenters. The quantitative estimate of drug-likeness (QED) is 0.548. The van der Waals surface area contributed by atoms with Crippen molar-refractivity contribution >= 4 is 29.1 Å². The van der Waals surface area contributed by atoms with E-state index in [1.54, 1.807) is 6.07 Å². The van der Waals surface area contributed by atoms with Gasteiger partial charge in [-0.05, 0) is 29.9 Å². The molecule has 0 saturated heterocycles. The van der Waals surface area contributed by atoms with Gasteiger partial charge in [0.05, 0.1) is 22.4 Å². The number of aromatic nitrogens is 2. The molecule has 1 amide bonds. The number of rotatable bonds is 11. The fourth-order valence-electron chi connectivity index (χ4n) is 3.55. The molecule has 29 heavy (non-hydrogen) atoms. The third-order valence-electron chi connectivity index (χ3n) is 5.12. The van der Waals surface area contributed by atoms with Crippen molar-refractivity contribution in [3.8, 4) is 0 Å². The van der Waals surface area contributed by atoms with Crippen molar-refractivity contribution in [1.29, 1.82) is 0 Å². The van der Waals surface area contributed by atoms with E-state index in [1.807, 2.05) is 38.5 Å². The molecule has 0 aliphatic carbocycles. The van der Waals surface area contributed by atoms with Gasteiger partial charge in [-0.2, -0.15) is 0 Å². The summed E-state index contributed by atoms with van der Waals surface area (Å²) in [7, 11) is 0. The number of hydrogen-bond acceptors (Lipinski definition) is 3. The molecular formula is C22H32Cl2N4O. The first-order valence-electron chi connectivity index (χ1n) is 10.2. The molecule has 1 aromatic carbocycles. The molecule has 5 nitrogen and oxygen atoms in total. The minimum atomic E-state index is -0.392. The van der Waals surface area contributed by atoms with Gasteiger partial charge >= 0.3 is 0 Å². The Hall–Kier alpha value is -1.56. The molecule has 1 aromatic heterocycles. The van der Waals surface area contributed by atoms with Crippen LogP contribution in [0, 0.1) is 11.8 Å². The molecule has 0 spiro atoms. The first-order valence-corrected chi connectivity index (χ1v) is 10.9. The first kappa shape index (κ1) is 23.7. The third-order valence-corrected chi connectivity index (χ3v) is 5.98. The Morgan fingerprint density at radius 3 is 2.59 bits per heavy atom. The summed E-state index contributed by atoms with van der Waals surface area (Å²) in [5, 5.41) is 1.03. The van der Waals surface area contributed by atoms with Crippen molar-refractivity contribution < 1.29 is 4.79 Å². The number of halogens is 2. The van der Waals surface area contributed by atoms with Gasteiger partial charge in [0.25, 0.3) is 0 Å². The maximum Gasteiger partial charge on any atom is 0.235 e. The van der Waals surface area contributed by atoms with Crippen LogP contribution in [0.3, 0.4) is 0 Å². The fourth-order valence-corrected chi connectivity index (χ4v) is 3.93. The minimum Gasteiger partial charge on any atom is -0.368 e. The maximum atomic E-state index is 12.2. The van der Waals surface area contributed by atoms with Crippen LogP contribution in [0.2, 0.25) is 10.0 Å². The average Bonchev–Trinajstić information content (AvgIpc) is 3.08. The molecule has 1 atom stereocenters. The largest absolute Gasteiger partial charge is 0.368 e. The second-order valence-electron chi connectivity index (χ2n) is 8.29. The zero-order valence-electron chi connectivity index (χ0n) is 17.7. The highest BCUT2D eigenvalue weighted by atomic mass is 35.5. The Morgan fingerprint density at radius 2 is 1.97 bits per heavy atom. The number of carbonyl (C=O) groups is 1. The predicted molar refractivity (Wildman–Crippen MR) is 120 cm³/mol. The molecule has 2 N–H and O–H groups in total. The van der Waals surface area contributed by atoms with E-state index in [0.29, 0.717) is 29.1 Å². The van der Waals surface area contributed by atoms with Crippen LogP contribution in [-0.2, 0) is 24.3 Å². The van der Waals surface area contributed by atoms with Crippen molar-refractivity contribution in [3.63, 3.8) is 0 Å². The molecule has 0 aliphatic heterocycles. The van der Waals surface area contributed by atoms with E-state index in [9.17, 15) is 4.79 Å². The van der Waals surface area contributed by atoms with Crippen LogP contribution in [0.4, 0.5) is 0 Å². The van der Waals surface area contributed by atoms with Gasteiger partial charge in [-0.25, -0.2) is 4.98 Å². The number of benzene rings is 1. The summed E-state index contributed by atoms with van der Waals surface area (Å²) < 4.78 is 2.19. The summed E-state index contributed by atoms with van der Waals surface area (Å²) in [4.78, 5) is 18.7. The number of nitrogens with zero attached hydrogens (tertiary/aromatic N) is 3. The Kier molecular flexibility index (Phi) is 9.00. The number of nitrogens with two attached hydrogens (primary N) is 1. The van der Waals surface area contributed by atoms with E-state index in [-0.39, 0.29) is 11.8 Å². The van der Waals surface area contributed by atoms with Crippen molar-refractivity contribution in [3.05, 3.63) is 52.0 Å². The van der Waals surface area contributed by atoms with Crippen LogP contribution in [0.15, 0.2) is 30.7 Å². The van der Waals surface area contributed by atoms with Gasteiger partial charge in [0.2, 0.25) is 5.91 Å². The molecule has 0 radical (unpaired) electrons. The molecule has 0 saturated carbocycles. The Bertz CT molecular complexity index is 804. The predicted octanol–water partition coefficient (Wildman–Crippen LogP) is 4.79. The lowest BCUT2D eigenvalue weighted by Gasteiger charge is -2.32. The van der Waals surface area contributed by atoms with E-state index in [4.69, 9.17) is 28.9 Å². The van der Waals surface area contributed by atoms with Gasteiger partial charge in [0.1, 0.15) is 0 Å². The zero-order chi connectivity index (χ0) is 21.6. The number of imidazole rings is 1. The Morgan fingerprint density at radius 1 is 1.24 bits per heavy atom. The van der Waals surface area contributed by atoms with Crippen LogP contribution < -0.4 is 5.73 Å². The van der Waals surface area contributed by atoms with Gasteiger partial charge in [0, 0.05) is 37.9 Å². The average molecular weight is 439 g/mol. The third kappa shape index (κ3) is 6.73. The summed E-state index contributed by atoms with van der Waals surface area (Å²) in [5.41, 5.74) is 7.80. The van der Waals surface area contributed by atoms with E-state index in [0.717, 1.165) is 30.6 Å². The molecule has 0 bridgehead atoms. The van der Waals surface area contributed by atoms with Crippen molar-refractivity contribution in [2.24, 2.45) is 17.6 Å². The number of aryl methyl sites for hydroxylation is 1. The second-order valence-corrected chi connectivity index (χ2v) is 9.07. The Balaban J connectivity index is 2.21. The molecule has 2 rings (SSSR count). The topological polar surface area (TPSA) is 64.2 Å². The van der Waals surface area contributed by atoms with Crippen LogP contribution in [-0.4, -0.2) is 32.9 Å². The molecule has 160 valence electrons. The smallest absolute Gasteiger partial charge is 0.235 e. The summed E-state index contributed by atoms with van der Waals surface area (Å²) in [6.07, 6.45) is 5.65. The highest BCUT2D eigenvalue weighted by Crippen LogP contribution is 2.28. The summed E-state index contributed by atoms with van der Waals surface area (Å²) >= 11 is 12.6. The summed E-state index contributed by atoms with van der Waals surface area (Å²) in [6, 6.07) is 5.18. The second kappa shape index (κ2) is 11.0. The highest BCUT2D eigenvalue weighted by molar-refractivity contribution is 6.42. The van der Waals surface area contributed by atoms with Crippen LogP contribution in [0.1, 0.15) is 45.4 Å². The lowest BCUT2D eigenvalue weighted by atomic mass is 10.0. The zero-order valence-corrected chi connectivity index (χ0v) is 19.2. The lowest BCUT2D eigenvalue weighted by molar-refractivity contribution is -0.125. The molecule has 2 aromatic rings. The molecule has 0 fully saturated rings. The standard InChI is InChI=1S/C22H32Cl2N4O/c1-15(2)8-10-28-14-26-12-18(28)9-11-27(21(16(3)4)22(25)29)13-17-6-5-7-19(23)20(17)24/h5-7,12,14-16,21H,8-11,13H2,1-4H3,(H2,25,29)/t21-/m0/s1. The number of primary amides is 1. The summed E-state index contributed by atoms with van der Waals surface area (Å²) in [5.74, 6) is 0.384. The monoisotopic (exact) mass is 438 g/mol. The molecular weight excluding hydrogens is 407 g/mol. The van der Waals surface area contributed by atoms with E-state index in [2.05, 4.69) is 28.3 Å². The fraction of sp³-hybridized carbons (Fsp3) is 0.545. The van der Waals surface area contributed by atoms with Crippen LogP contribution in [0.25, 0.3) is 0 Å². The molecule has 7 heteroatoms. The minimum absolute atomic E-state index is 0.0799. The van der Waals surface area contributed by atoms with Crippen molar-refractivity contribution in [1.82, 2.24) is 14.5 Å².